The van der Waals surface area contributed by atoms with Crippen molar-refractivity contribution in [1.29, 1.82) is 0 Å². The Kier molecular flexibility index (Phi) is 3.36. The smallest absolute Gasteiger partial charge is 0.190 e. The van der Waals surface area contributed by atoms with Crippen molar-refractivity contribution < 1.29 is 8.42 Å². The third-order valence-corrected chi connectivity index (χ3v) is 3.97. The molecule has 0 N–H and O–H groups in total. The number of sulfone groups is 1. The molecule has 19 heavy (non-hydrogen) atoms. The van der Waals surface area contributed by atoms with Gasteiger partial charge in [-0.3, -0.25) is 4.98 Å². The molecule has 0 unspecified atom stereocenters. The Morgan fingerprint density at radius 2 is 2.05 bits per heavy atom. The quantitative estimate of drug-likeness (QED) is 0.826. The van der Waals surface area contributed by atoms with E-state index in [9.17, 15) is 8.42 Å². The molecular weight excluding hydrogens is 266 g/mol. The number of rotatable bonds is 3. The fourth-order valence-corrected chi connectivity index (χ4v) is 2.50. The van der Waals surface area contributed by atoms with E-state index in [2.05, 4.69) is 20.4 Å². The molecule has 0 fully saturated rings. The van der Waals surface area contributed by atoms with Gasteiger partial charge in [-0.2, -0.15) is 4.80 Å². The zero-order valence-electron chi connectivity index (χ0n) is 11.0. The van der Waals surface area contributed by atoms with E-state index in [4.69, 9.17) is 0 Å². The summed E-state index contributed by atoms with van der Waals surface area (Å²) in [6.07, 6.45) is 2.83. The lowest BCUT2D eigenvalue weighted by Gasteiger charge is -2.15. The maximum absolute atomic E-state index is 12.1. The van der Waals surface area contributed by atoms with Gasteiger partial charge in [-0.25, -0.2) is 8.42 Å². The number of pyridine rings is 1. The third-order valence-electron chi connectivity index (χ3n) is 2.37. The molecule has 0 aliphatic rings. The molecule has 102 valence electrons. The number of hydrogen-bond acceptors (Lipinski definition) is 6. The van der Waals surface area contributed by atoms with Crippen molar-refractivity contribution in [2.75, 3.05) is 0 Å². The normalized spacial score (nSPS) is 12.6. The van der Waals surface area contributed by atoms with Crippen LogP contribution in [0.5, 0.6) is 0 Å². The molecule has 7 nitrogen and oxygen atoms in total. The van der Waals surface area contributed by atoms with Crippen molar-refractivity contribution in [2.45, 2.75) is 37.0 Å². The molecule has 2 heterocycles. The Labute approximate surface area is 111 Å². The predicted molar refractivity (Wildman–Crippen MR) is 67.9 cm³/mol. The highest BCUT2D eigenvalue weighted by molar-refractivity contribution is 7.90. The molecule has 0 aliphatic heterocycles. The van der Waals surface area contributed by atoms with Crippen LogP contribution in [0.2, 0.25) is 0 Å². The summed E-state index contributed by atoms with van der Waals surface area (Å²) >= 11 is 0. The van der Waals surface area contributed by atoms with E-state index in [0.29, 0.717) is 0 Å². The van der Waals surface area contributed by atoms with Crippen LogP contribution >= 0.6 is 0 Å². The number of nitrogens with zero attached hydrogens (tertiary/aromatic N) is 5. The van der Waals surface area contributed by atoms with Gasteiger partial charge in [0.1, 0.15) is 5.75 Å². The zero-order valence-corrected chi connectivity index (χ0v) is 11.8. The van der Waals surface area contributed by atoms with Crippen LogP contribution in [0.3, 0.4) is 0 Å². The van der Waals surface area contributed by atoms with Gasteiger partial charge in [0.25, 0.3) is 0 Å². The first-order chi connectivity index (χ1) is 8.79. The second-order valence-corrected chi connectivity index (χ2v) is 7.10. The summed E-state index contributed by atoms with van der Waals surface area (Å²) < 4.78 is 24.2. The largest absolute Gasteiger partial charge is 0.263 e. The standard InChI is InChI=1S/C11H15N5O2S/c1-11(2,3)16-14-10(13-15-16)8-19(17,18)9-5-4-6-12-7-9/h4-7H,8H2,1-3H3. The summed E-state index contributed by atoms with van der Waals surface area (Å²) in [5.41, 5.74) is -0.330. The Morgan fingerprint density at radius 1 is 1.32 bits per heavy atom. The lowest BCUT2D eigenvalue weighted by Crippen LogP contribution is -2.24. The SMILES string of the molecule is CC(C)(C)n1nnc(CS(=O)(=O)c2cccnc2)n1. The van der Waals surface area contributed by atoms with Gasteiger partial charge < -0.3 is 0 Å². The summed E-state index contributed by atoms with van der Waals surface area (Å²) in [6.45, 7) is 5.73. The molecule has 2 aromatic heterocycles. The molecular formula is C11H15N5O2S. The first kappa shape index (κ1) is 13.6. The molecule has 8 heteroatoms. The molecule has 0 saturated heterocycles. The molecule has 0 spiro atoms. The van der Waals surface area contributed by atoms with E-state index in [0.717, 1.165) is 0 Å². The monoisotopic (exact) mass is 281 g/mol. The van der Waals surface area contributed by atoms with E-state index in [1.807, 2.05) is 20.8 Å². The number of aromatic nitrogens is 5. The van der Waals surface area contributed by atoms with Crippen LogP contribution in [0.15, 0.2) is 29.4 Å². The topological polar surface area (TPSA) is 90.6 Å². The summed E-state index contributed by atoms with van der Waals surface area (Å²) in [7, 11) is -3.49. The number of hydrogen-bond donors (Lipinski definition) is 0. The Hall–Kier alpha value is -1.83. The Morgan fingerprint density at radius 3 is 2.58 bits per heavy atom. The zero-order chi connectivity index (χ0) is 14.1. The molecule has 0 aliphatic carbocycles. The van der Waals surface area contributed by atoms with Crippen LogP contribution in [0.1, 0.15) is 26.6 Å². The molecule has 0 bridgehead atoms. The van der Waals surface area contributed by atoms with Crippen LogP contribution in [0.25, 0.3) is 0 Å². The lowest BCUT2D eigenvalue weighted by molar-refractivity contribution is 0.305. The molecule has 0 atom stereocenters. The second-order valence-electron chi connectivity index (χ2n) is 5.11. The van der Waals surface area contributed by atoms with Gasteiger partial charge in [0.05, 0.1) is 10.4 Å². The van der Waals surface area contributed by atoms with Crippen LogP contribution in [-0.4, -0.2) is 33.6 Å². The summed E-state index contributed by atoms with van der Waals surface area (Å²) in [4.78, 5) is 5.35. The van der Waals surface area contributed by atoms with Crippen molar-refractivity contribution in [1.82, 2.24) is 25.2 Å². The summed E-state index contributed by atoms with van der Waals surface area (Å²) in [5, 5.41) is 11.7. The molecule has 0 radical (unpaired) electrons. The molecule has 2 rings (SSSR count). The molecule has 0 saturated carbocycles. The molecule has 0 aromatic carbocycles. The fraction of sp³-hybridized carbons (Fsp3) is 0.455. The lowest BCUT2D eigenvalue weighted by atomic mass is 10.1. The van der Waals surface area contributed by atoms with Gasteiger partial charge in [-0.1, -0.05) is 0 Å². The maximum Gasteiger partial charge on any atom is 0.190 e. The minimum atomic E-state index is -3.49. The van der Waals surface area contributed by atoms with Crippen LogP contribution in [0.4, 0.5) is 0 Å². The minimum absolute atomic E-state index is 0.155. The first-order valence-electron chi connectivity index (χ1n) is 5.71. The van der Waals surface area contributed by atoms with E-state index >= 15 is 0 Å². The van der Waals surface area contributed by atoms with Gasteiger partial charge in [0, 0.05) is 12.4 Å². The van der Waals surface area contributed by atoms with Gasteiger partial charge in [-0.05, 0) is 38.1 Å². The second kappa shape index (κ2) is 4.69. The Bertz CT molecular complexity index is 658. The Balaban J connectivity index is 2.25. The first-order valence-corrected chi connectivity index (χ1v) is 7.36. The van der Waals surface area contributed by atoms with Crippen LogP contribution in [-0.2, 0) is 21.1 Å². The third kappa shape index (κ3) is 3.14. The fourth-order valence-electron chi connectivity index (χ4n) is 1.37. The highest BCUT2D eigenvalue weighted by Crippen LogP contribution is 2.14. The predicted octanol–water partition coefficient (Wildman–Crippen LogP) is 0.797. The summed E-state index contributed by atoms with van der Waals surface area (Å²) in [6, 6.07) is 3.07. The summed E-state index contributed by atoms with van der Waals surface area (Å²) in [5.74, 6) is -0.104. The van der Waals surface area contributed by atoms with Crippen molar-refractivity contribution >= 4 is 9.84 Å². The minimum Gasteiger partial charge on any atom is -0.263 e. The van der Waals surface area contributed by atoms with Crippen molar-refractivity contribution in [3.8, 4) is 0 Å². The highest BCUT2D eigenvalue weighted by Gasteiger charge is 2.21. The van der Waals surface area contributed by atoms with Gasteiger partial charge in [0.15, 0.2) is 15.7 Å². The van der Waals surface area contributed by atoms with E-state index in [-0.39, 0.29) is 22.0 Å². The van der Waals surface area contributed by atoms with Gasteiger partial charge in [0.2, 0.25) is 0 Å². The van der Waals surface area contributed by atoms with Gasteiger partial charge in [-0.15, -0.1) is 10.2 Å². The number of tetrazole rings is 1. The van der Waals surface area contributed by atoms with Crippen LogP contribution < -0.4 is 0 Å². The molecule has 2 aromatic rings. The van der Waals surface area contributed by atoms with Crippen molar-refractivity contribution in [2.24, 2.45) is 0 Å². The van der Waals surface area contributed by atoms with Crippen molar-refractivity contribution in [3.63, 3.8) is 0 Å². The average molecular weight is 281 g/mol. The van der Waals surface area contributed by atoms with E-state index in [1.165, 1.54) is 23.3 Å². The maximum atomic E-state index is 12.1. The average Bonchev–Trinajstić information content (AvgIpc) is 2.78. The molecule has 0 amide bonds. The van der Waals surface area contributed by atoms with Gasteiger partial charge >= 0.3 is 0 Å². The highest BCUT2D eigenvalue weighted by atomic mass is 32.2. The van der Waals surface area contributed by atoms with Crippen LogP contribution in [0, 0.1) is 0 Å². The van der Waals surface area contributed by atoms with Crippen molar-refractivity contribution in [3.05, 3.63) is 30.4 Å². The van der Waals surface area contributed by atoms with E-state index in [1.54, 1.807) is 6.07 Å². The van der Waals surface area contributed by atoms with E-state index < -0.39 is 9.84 Å².